The van der Waals surface area contributed by atoms with Crippen molar-refractivity contribution < 1.29 is 14.3 Å². The fourth-order valence-electron chi connectivity index (χ4n) is 3.95. The number of anilines is 2. The van der Waals surface area contributed by atoms with Crippen LogP contribution in [-0.4, -0.2) is 73.5 Å². The average molecular weight is 456 g/mol. The Labute approximate surface area is 192 Å². The van der Waals surface area contributed by atoms with Crippen molar-refractivity contribution in [1.29, 1.82) is 0 Å². The molecule has 8 nitrogen and oxygen atoms in total. The first-order valence-corrected chi connectivity index (χ1v) is 12.0. The van der Waals surface area contributed by atoms with Gasteiger partial charge in [-0.2, -0.15) is 0 Å². The molecule has 0 unspecified atom stereocenters. The predicted molar refractivity (Wildman–Crippen MR) is 126 cm³/mol. The highest BCUT2D eigenvalue weighted by Crippen LogP contribution is 2.24. The van der Waals surface area contributed by atoms with Crippen LogP contribution < -0.4 is 15.1 Å². The average Bonchev–Trinajstić information content (AvgIpc) is 3.19. The monoisotopic (exact) mass is 455 g/mol. The number of carbonyl (C=O) groups is 2. The molecule has 1 N–H and O–H groups in total. The molecule has 2 aromatic rings. The summed E-state index contributed by atoms with van der Waals surface area (Å²) in [4.78, 5) is 35.4. The molecule has 1 aromatic heterocycles. The number of hydrogen-bond donors (Lipinski definition) is 1. The Morgan fingerprint density at radius 3 is 2.53 bits per heavy atom. The maximum atomic E-state index is 12.2. The lowest BCUT2D eigenvalue weighted by atomic mass is 10.2. The molecular weight excluding hydrogens is 426 g/mol. The number of rotatable bonds is 7. The third-order valence-corrected chi connectivity index (χ3v) is 6.50. The Morgan fingerprint density at radius 2 is 1.91 bits per heavy atom. The zero-order chi connectivity index (χ0) is 22.5. The van der Waals surface area contributed by atoms with Crippen LogP contribution in [0.25, 0.3) is 0 Å². The largest absolute Gasteiger partial charge is 0.442 e. The lowest BCUT2D eigenvalue weighted by molar-refractivity contribution is -0.119. The van der Waals surface area contributed by atoms with Gasteiger partial charge in [-0.25, -0.2) is 9.78 Å². The first kappa shape index (κ1) is 22.4. The molecule has 0 saturated carbocycles. The summed E-state index contributed by atoms with van der Waals surface area (Å²) in [5.41, 5.74) is 2.05. The van der Waals surface area contributed by atoms with E-state index in [4.69, 9.17) is 4.74 Å². The molecule has 4 rings (SSSR count). The minimum atomic E-state index is -0.408. The minimum Gasteiger partial charge on any atom is -0.442 e. The summed E-state index contributed by atoms with van der Waals surface area (Å²) in [6.45, 7) is 6.92. The zero-order valence-corrected chi connectivity index (χ0v) is 19.3. The number of thioether (sulfide) groups is 1. The minimum absolute atomic E-state index is 0.140. The molecule has 0 radical (unpaired) electrons. The number of nitrogens with one attached hydrogen (secondary N) is 1. The molecule has 2 saturated heterocycles. The van der Waals surface area contributed by atoms with Crippen molar-refractivity contribution in [3.63, 3.8) is 0 Å². The molecule has 1 aromatic carbocycles. The number of nitrogens with zero attached hydrogens (tertiary/aromatic N) is 4. The van der Waals surface area contributed by atoms with Crippen molar-refractivity contribution in [1.82, 2.24) is 15.2 Å². The van der Waals surface area contributed by atoms with Gasteiger partial charge in [0.2, 0.25) is 5.91 Å². The number of piperazine rings is 1. The van der Waals surface area contributed by atoms with Gasteiger partial charge in [-0.1, -0.05) is 12.1 Å². The Bertz CT molecular complexity index is 930. The van der Waals surface area contributed by atoms with Crippen LogP contribution in [0, 0.1) is 0 Å². The fourth-order valence-corrected chi connectivity index (χ4v) is 4.35. The van der Waals surface area contributed by atoms with Gasteiger partial charge in [-0.15, -0.1) is 11.8 Å². The van der Waals surface area contributed by atoms with Gasteiger partial charge >= 0.3 is 6.09 Å². The number of amides is 2. The quantitative estimate of drug-likeness (QED) is 0.643. The summed E-state index contributed by atoms with van der Waals surface area (Å²) in [7, 11) is 0. The third kappa shape index (κ3) is 5.52. The van der Waals surface area contributed by atoms with E-state index < -0.39 is 6.09 Å². The highest BCUT2D eigenvalue weighted by Gasteiger charge is 2.32. The van der Waals surface area contributed by atoms with Gasteiger partial charge in [0.15, 0.2) is 0 Å². The van der Waals surface area contributed by atoms with Gasteiger partial charge in [-0.05, 0) is 36.1 Å². The molecule has 3 heterocycles. The predicted octanol–water partition coefficient (Wildman–Crippen LogP) is 2.59. The second kappa shape index (κ2) is 10.2. The number of hydrogen-bond acceptors (Lipinski definition) is 7. The highest BCUT2D eigenvalue weighted by molar-refractivity contribution is 7.98. The van der Waals surface area contributed by atoms with E-state index in [0.717, 1.165) is 38.5 Å². The summed E-state index contributed by atoms with van der Waals surface area (Å²) in [5.74, 6) is 0.777. The van der Waals surface area contributed by atoms with E-state index in [0.29, 0.717) is 18.8 Å². The molecule has 0 bridgehead atoms. The molecular formula is C23H29N5O3S. The lowest BCUT2D eigenvalue weighted by Crippen LogP contribution is -2.46. The van der Waals surface area contributed by atoms with Crippen molar-refractivity contribution in [3.05, 3.63) is 48.2 Å². The Hall–Kier alpha value is -2.78. The van der Waals surface area contributed by atoms with E-state index in [1.54, 1.807) is 22.9 Å². The van der Waals surface area contributed by atoms with Crippen LogP contribution in [0.1, 0.15) is 12.5 Å². The molecule has 0 aliphatic carbocycles. The van der Waals surface area contributed by atoms with Crippen LogP contribution in [0.5, 0.6) is 0 Å². The summed E-state index contributed by atoms with van der Waals surface area (Å²) >= 11 is 1.76. The molecule has 32 heavy (non-hydrogen) atoms. The maximum absolute atomic E-state index is 12.2. The van der Waals surface area contributed by atoms with Gasteiger partial charge in [0.25, 0.3) is 0 Å². The molecule has 170 valence electrons. The molecule has 2 aliphatic rings. The molecule has 2 aliphatic heterocycles. The van der Waals surface area contributed by atoms with Crippen molar-refractivity contribution in [3.8, 4) is 0 Å². The van der Waals surface area contributed by atoms with E-state index >= 15 is 0 Å². The Morgan fingerprint density at radius 1 is 1.16 bits per heavy atom. The van der Waals surface area contributed by atoms with E-state index in [-0.39, 0.29) is 12.0 Å². The lowest BCUT2D eigenvalue weighted by Gasteiger charge is -2.35. The first-order valence-electron chi connectivity index (χ1n) is 10.8. The van der Waals surface area contributed by atoms with Crippen LogP contribution in [0.15, 0.2) is 47.5 Å². The van der Waals surface area contributed by atoms with Crippen LogP contribution >= 0.6 is 11.8 Å². The normalized spacial score (nSPS) is 19.2. The first-order chi connectivity index (χ1) is 15.5. The van der Waals surface area contributed by atoms with Gasteiger partial charge in [-0.3, -0.25) is 14.6 Å². The zero-order valence-electron chi connectivity index (χ0n) is 18.5. The van der Waals surface area contributed by atoms with Gasteiger partial charge < -0.3 is 15.0 Å². The summed E-state index contributed by atoms with van der Waals surface area (Å²) < 4.78 is 5.33. The molecule has 1 atom stereocenters. The SMILES string of the molecule is CSc1ccc(CN2CCN(c3ccc(N4C[C@H](CNC(C)=O)OC4=O)cn3)CC2)cc1. The van der Waals surface area contributed by atoms with Crippen LogP contribution in [0.3, 0.4) is 0 Å². The summed E-state index contributed by atoms with van der Waals surface area (Å²) in [6, 6.07) is 12.6. The highest BCUT2D eigenvalue weighted by atomic mass is 32.2. The number of benzene rings is 1. The number of ether oxygens (including phenoxy) is 1. The smallest absolute Gasteiger partial charge is 0.414 e. The van der Waals surface area contributed by atoms with Crippen molar-refractivity contribution in [2.45, 2.75) is 24.5 Å². The van der Waals surface area contributed by atoms with Crippen molar-refractivity contribution in [2.24, 2.45) is 0 Å². The van der Waals surface area contributed by atoms with Gasteiger partial charge in [0.05, 0.1) is 25.0 Å². The number of aromatic nitrogens is 1. The topological polar surface area (TPSA) is 78.0 Å². The molecule has 2 fully saturated rings. The molecule has 9 heteroatoms. The molecule has 2 amide bonds. The third-order valence-electron chi connectivity index (χ3n) is 5.76. The van der Waals surface area contributed by atoms with E-state index in [2.05, 4.69) is 50.6 Å². The maximum Gasteiger partial charge on any atom is 0.414 e. The van der Waals surface area contributed by atoms with Crippen LogP contribution in [-0.2, 0) is 16.1 Å². The number of cyclic esters (lactones) is 1. The van der Waals surface area contributed by atoms with Crippen LogP contribution in [0.4, 0.5) is 16.3 Å². The van der Waals surface area contributed by atoms with Gasteiger partial charge in [0, 0.05) is 44.5 Å². The van der Waals surface area contributed by atoms with E-state index in [9.17, 15) is 9.59 Å². The molecule has 0 spiro atoms. The second-order valence-corrected chi connectivity index (χ2v) is 8.92. The summed E-state index contributed by atoms with van der Waals surface area (Å²) in [5, 5.41) is 2.69. The standard InChI is InChI=1S/C23H29N5O3S/c1-17(29)24-14-20-16-28(23(30)31-20)19-5-8-22(25-13-19)27-11-9-26(10-12-27)15-18-3-6-21(32-2)7-4-18/h3-8,13,20H,9-12,14-16H2,1-2H3,(H,24,29)/t20-/m0/s1. The summed E-state index contributed by atoms with van der Waals surface area (Å²) in [6.07, 6.45) is 3.05. The Balaban J connectivity index is 1.28. The number of pyridine rings is 1. The Kier molecular flexibility index (Phi) is 7.16. The number of carbonyl (C=O) groups excluding carboxylic acids is 2. The van der Waals surface area contributed by atoms with E-state index in [1.807, 2.05) is 12.1 Å². The van der Waals surface area contributed by atoms with E-state index in [1.165, 1.54) is 17.4 Å². The van der Waals surface area contributed by atoms with Crippen LogP contribution in [0.2, 0.25) is 0 Å². The van der Waals surface area contributed by atoms with Gasteiger partial charge in [0.1, 0.15) is 11.9 Å². The second-order valence-electron chi connectivity index (χ2n) is 8.04. The fraction of sp³-hybridized carbons (Fsp3) is 0.435. The van der Waals surface area contributed by atoms with Crippen molar-refractivity contribution in [2.75, 3.05) is 55.3 Å². The van der Waals surface area contributed by atoms with Crippen molar-refractivity contribution >= 4 is 35.3 Å².